The summed E-state index contributed by atoms with van der Waals surface area (Å²) in [4.78, 5) is 0. The summed E-state index contributed by atoms with van der Waals surface area (Å²) in [5.74, 6) is 0. The molecular weight excluding hydrogens is 326 g/mol. The quantitative estimate of drug-likeness (QED) is 0.769. The van der Waals surface area contributed by atoms with Gasteiger partial charge in [0.1, 0.15) is 0 Å². The van der Waals surface area contributed by atoms with E-state index in [9.17, 15) is 0 Å². The molecule has 1 aromatic carbocycles. The molecule has 1 heterocycles. The molecule has 1 aromatic heterocycles. The zero-order chi connectivity index (χ0) is 15.2. The van der Waals surface area contributed by atoms with Crippen LogP contribution in [0.5, 0.6) is 0 Å². The Morgan fingerprint density at radius 2 is 2.10 bits per heavy atom. The lowest BCUT2D eigenvalue weighted by molar-refractivity contribution is 0.653. The second-order valence-corrected chi connectivity index (χ2v) is 6.31. The van der Waals surface area contributed by atoms with Gasteiger partial charge in [-0.25, -0.2) is 0 Å². The normalized spacial score (nSPS) is 11.0. The molecule has 0 bridgehead atoms. The Labute approximate surface area is 135 Å². The lowest BCUT2D eigenvalue weighted by atomic mass is 10.1. The Hall–Kier alpha value is -1.13. The molecule has 1 N–H and O–H groups in total. The molecule has 0 amide bonds. The largest absolute Gasteiger partial charge is 0.317 e. The average molecular weight is 350 g/mol. The summed E-state index contributed by atoms with van der Waals surface area (Å²) in [5.41, 5.74) is 5.14. The van der Waals surface area contributed by atoms with Gasteiger partial charge in [-0.2, -0.15) is 5.10 Å². The zero-order valence-electron chi connectivity index (χ0n) is 13.1. The summed E-state index contributed by atoms with van der Waals surface area (Å²) < 4.78 is 3.24. The van der Waals surface area contributed by atoms with Crippen molar-refractivity contribution >= 4 is 15.9 Å². The van der Waals surface area contributed by atoms with Crippen molar-refractivity contribution in [2.24, 2.45) is 0 Å². The second kappa shape index (κ2) is 7.76. The fourth-order valence-corrected chi connectivity index (χ4v) is 3.07. The van der Waals surface area contributed by atoms with Gasteiger partial charge in [-0.15, -0.1) is 0 Å². The number of aryl methyl sites for hydroxylation is 1. The molecule has 0 saturated heterocycles. The molecule has 0 saturated carbocycles. The predicted molar refractivity (Wildman–Crippen MR) is 91.8 cm³/mol. The van der Waals surface area contributed by atoms with Gasteiger partial charge in [-0.3, -0.25) is 4.68 Å². The highest BCUT2D eigenvalue weighted by atomic mass is 79.9. The van der Waals surface area contributed by atoms with Crippen LogP contribution in [-0.2, 0) is 13.0 Å². The van der Waals surface area contributed by atoms with Crippen LogP contribution in [0.2, 0.25) is 0 Å². The average Bonchev–Trinajstić information content (AvgIpc) is 2.70. The summed E-state index contributed by atoms with van der Waals surface area (Å²) >= 11 is 3.53. The van der Waals surface area contributed by atoms with E-state index in [-0.39, 0.29) is 0 Å². The summed E-state index contributed by atoms with van der Waals surface area (Å²) in [6.07, 6.45) is 2.27. The van der Waals surface area contributed by atoms with Crippen LogP contribution in [-0.4, -0.2) is 22.9 Å². The molecule has 4 heteroatoms. The van der Waals surface area contributed by atoms with Crippen LogP contribution in [0.3, 0.4) is 0 Å². The minimum Gasteiger partial charge on any atom is -0.317 e. The van der Waals surface area contributed by atoms with Crippen LogP contribution in [0.4, 0.5) is 0 Å². The van der Waals surface area contributed by atoms with Gasteiger partial charge < -0.3 is 5.32 Å². The van der Waals surface area contributed by atoms with Crippen molar-refractivity contribution in [2.45, 2.75) is 40.2 Å². The number of halogens is 1. The second-order valence-electron chi connectivity index (χ2n) is 5.39. The third kappa shape index (κ3) is 4.42. The number of hydrogen-bond acceptors (Lipinski definition) is 2. The Morgan fingerprint density at radius 3 is 2.81 bits per heavy atom. The summed E-state index contributed by atoms with van der Waals surface area (Å²) in [7, 11) is 0. The number of hydrogen-bond donors (Lipinski definition) is 1. The van der Waals surface area contributed by atoms with Crippen LogP contribution >= 0.6 is 15.9 Å². The highest BCUT2D eigenvalue weighted by Gasteiger charge is 2.11. The Morgan fingerprint density at radius 1 is 1.29 bits per heavy atom. The Kier molecular flexibility index (Phi) is 6.00. The van der Waals surface area contributed by atoms with Crippen molar-refractivity contribution < 1.29 is 0 Å². The predicted octanol–water partition coefficient (Wildman–Crippen LogP) is 3.85. The van der Waals surface area contributed by atoms with E-state index in [1.165, 1.54) is 22.5 Å². The maximum Gasteiger partial charge on any atom is 0.0663 e. The molecule has 0 spiro atoms. The highest BCUT2D eigenvalue weighted by Crippen LogP contribution is 2.18. The van der Waals surface area contributed by atoms with E-state index in [0.29, 0.717) is 0 Å². The van der Waals surface area contributed by atoms with E-state index >= 15 is 0 Å². The molecule has 0 aliphatic carbocycles. The number of nitrogens with one attached hydrogen (secondary N) is 1. The summed E-state index contributed by atoms with van der Waals surface area (Å²) in [6, 6.07) is 8.42. The fraction of sp³-hybridized carbons (Fsp3) is 0.471. The minimum absolute atomic E-state index is 0.833. The Balaban J connectivity index is 2.07. The smallest absolute Gasteiger partial charge is 0.0663 e. The minimum atomic E-state index is 0.833. The van der Waals surface area contributed by atoms with Crippen LogP contribution < -0.4 is 5.32 Å². The van der Waals surface area contributed by atoms with E-state index in [4.69, 9.17) is 5.10 Å². The van der Waals surface area contributed by atoms with E-state index in [1.807, 2.05) is 0 Å². The summed E-state index contributed by atoms with van der Waals surface area (Å²) in [6.45, 7) is 9.39. The molecular formula is C17H24BrN3. The van der Waals surface area contributed by atoms with E-state index in [2.05, 4.69) is 71.0 Å². The first-order chi connectivity index (χ1) is 10.1. The molecule has 0 fully saturated rings. The number of benzene rings is 1. The lowest BCUT2D eigenvalue weighted by Gasteiger charge is -2.07. The zero-order valence-corrected chi connectivity index (χ0v) is 14.7. The maximum absolute atomic E-state index is 4.71. The van der Waals surface area contributed by atoms with E-state index in [1.54, 1.807) is 0 Å². The number of rotatable bonds is 7. The molecule has 0 aliphatic rings. The van der Waals surface area contributed by atoms with Gasteiger partial charge in [-0.1, -0.05) is 35.0 Å². The van der Waals surface area contributed by atoms with Crippen LogP contribution in [0, 0.1) is 13.8 Å². The topological polar surface area (TPSA) is 29.9 Å². The van der Waals surface area contributed by atoms with Crippen LogP contribution in [0.15, 0.2) is 28.7 Å². The molecule has 0 unspecified atom stereocenters. The third-order valence-electron chi connectivity index (χ3n) is 3.78. The molecule has 0 atom stereocenters. The highest BCUT2D eigenvalue weighted by molar-refractivity contribution is 9.10. The van der Waals surface area contributed by atoms with Gasteiger partial charge in [0.25, 0.3) is 0 Å². The van der Waals surface area contributed by atoms with E-state index in [0.717, 1.165) is 36.9 Å². The van der Waals surface area contributed by atoms with Gasteiger partial charge in [-0.05, 0) is 63.0 Å². The van der Waals surface area contributed by atoms with Gasteiger partial charge in [0.15, 0.2) is 0 Å². The number of aromatic nitrogens is 2. The number of nitrogens with zero attached hydrogens (tertiary/aromatic N) is 2. The molecule has 0 aliphatic heterocycles. The van der Waals surface area contributed by atoms with Crippen molar-refractivity contribution in [1.29, 1.82) is 0 Å². The molecule has 21 heavy (non-hydrogen) atoms. The molecule has 2 rings (SSSR count). The van der Waals surface area contributed by atoms with Crippen molar-refractivity contribution in [2.75, 3.05) is 13.1 Å². The van der Waals surface area contributed by atoms with Crippen molar-refractivity contribution in [3.05, 3.63) is 51.3 Å². The van der Waals surface area contributed by atoms with Gasteiger partial charge in [0.2, 0.25) is 0 Å². The molecule has 3 nitrogen and oxygen atoms in total. The van der Waals surface area contributed by atoms with Crippen LogP contribution in [0.1, 0.15) is 35.9 Å². The summed E-state index contributed by atoms with van der Waals surface area (Å²) in [5, 5.41) is 8.09. The van der Waals surface area contributed by atoms with Gasteiger partial charge in [0.05, 0.1) is 12.2 Å². The van der Waals surface area contributed by atoms with Gasteiger partial charge >= 0.3 is 0 Å². The lowest BCUT2D eigenvalue weighted by Crippen LogP contribution is -2.14. The first-order valence-electron chi connectivity index (χ1n) is 7.60. The van der Waals surface area contributed by atoms with Gasteiger partial charge in [0, 0.05) is 10.2 Å². The maximum atomic E-state index is 4.71. The van der Waals surface area contributed by atoms with Crippen molar-refractivity contribution in [1.82, 2.24) is 15.1 Å². The third-order valence-corrected chi connectivity index (χ3v) is 4.28. The van der Waals surface area contributed by atoms with E-state index < -0.39 is 0 Å². The molecule has 0 radical (unpaired) electrons. The Bertz CT molecular complexity index is 590. The first kappa shape index (κ1) is 16.2. The molecule has 2 aromatic rings. The van der Waals surface area contributed by atoms with Crippen LogP contribution in [0.25, 0.3) is 0 Å². The van der Waals surface area contributed by atoms with Crippen molar-refractivity contribution in [3.63, 3.8) is 0 Å². The fourth-order valence-electron chi connectivity index (χ4n) is 2.62. The standard InChI is InChI=1S/C17H24BrN3/c1-4-19-10-6-9-17-13(2)20-21(14(17)3)12-15-7-5-8-16(18)11-15/h5,7-8,11,19H,4,6,9-10,12H2,1-3H3. The molecule has 114 valence electrons. The van der Waals surface area contributed by atoms with Crippen molar-refractivity contribution in [3.8, 4) is 0 Å². The monoisotopic (exact) mass is 349 g/mol. The SMILES string of the molecule is CCNCCCc1c(C)nn(Cc2cccc(Br)c2)c1C. The first-order valence-corrected chi connectivity index (χ1v) is 8.39.